The van der Waals surface area contributed by atoms with Gasteiger partial charge in [0.15, 0.2) is 0 Å². The summed E-state index contributed by atoms with van der Waals surface area (Å²) < 4.78 is 43.3. The molecule has 10 heteroatoms. The molecule has 1 aliphatic heterocycles. The number of ether oxygens (including phenoxy) is 1. The van der Waals surface area contributed by atoms with Crippen LogP contribution in [-0.2, 0) is 21.2 Å². The molecule has 0 saturated carbocycles. The summed E-state index contributed by atoms with van der Waals surface area (Å²) in [6.07, 6.45) is 1.63. The third-order valence-electron chi connectivity index (χ3n) is 4.81. The van der Waals surface area contributed by atoms with Gasteiger partial charge in [-0.1, -0.05) is 30.3 Å². The molecule has 1 aliphatic rings. The van der Waals surface area contributed by atoms with Crippen molar-refractivity contribution in [3.8, 4) is 0 Å². The van der Waals surface area contributed by atoms with Crippen molar-refractivity contribution >= 4 is 38.9 Å². The van der Waals surface area contributed by atoms with Gasteiger partial charge in [0.05, 0.1) is 10.6 Å². The number of amides is 1. The lowest BCUT2D eigenvalue weighted by molar-refractivity contribution is 0.0487. The zero-order valence-corrected chi connectivity index (χ0v) is 19.3. The average Bonchev–Trinajstić information content (AvgIpc) is 3.38. The van der Waals surface area contributed by atoms with E-state index in [2.05, 4.69) is 4.74 Å². The molecule has 1 aromatic heterocycles. The van der Waals surface area contributed by atoms with Crippen LogP contribution in [0.3, 0.4) is 0 Å². The number of fused-ring (bicyclic) bond motifs is 1. The number of carbonyl (C=O) groups excluding carboxylic acids is 2. The summed E-state index contributed by atoms with van der Waals surface area (Å²) in [4.78, 5) is 22.8. The lowest BCUT2D eigenvalue weighted by Crippen LogP contribution is -2.35. The highest BCUT2D eigenvalue weighted by Gasteiger charge is 2.29. The maximum Gasteiger partial charge on any atom is 0.348 e. The highest BCUT2D eigenvalue weighted by atomic mass is 32.2. The van der Waals surface area contributed by atoms with E-state index in [1.54, 1.807) is 17.5 Å². The van der Waals surface area contributed by atoms with Gasteiger partial charge in [-0.15, -0.1) is 11.3 Å². The van der Waals surface area contributed by atoms with E-state index < -0.39 is 28.6 Å². The van der Waals surface area contributed by atoms with Gasteiger partial charge in [-0.05, 0) is 54.1 Å². The Labute approximate surface area is 195 Å². The second kappa shape index (κ2) is 11.1. The Hall–Kier alpha value is -3.24. The molecule has 0 aliphatic carbocycles. The predicted molar refractivity (Wildman–Crippen MR) is 125 cm³/mol. The molecular weight excluding hydrogens is 467 g/mol. The smallest absolute Gasteiger partial charge is 0.348 e. The van der Waals surface area contributed by atoms with Crippen LogP contribution in [0.2, 0.25) is 0 Å². The van der Waals surface area contributed by atoms with E-state index in [1.807, 2.05) is 24.3 Å². The zero-order chi connectivity index (χ0) is 23.8. The van der Waals surface area contributed by atoms with E-state index in [4.69, 9.17) is 5.73 Å². The van der Waals surface area contributed by atoms with Crippen LogP contribution in [0.15, 0.2) is 70.9 Å². The van der Waals surface area contributed by atoms with Gasteiger partial charge in [-0.3, -0.25) is 9.10 Å². The van der Waals surface area contributed by atoms with Crippen molar-refractivity contribution in [2.24, 2.45) is 5.73 Å². The Morgan fingerprint density at radius 1 is 1.09 bits per heavy atom. The molecule has 0 fully saturated rings. The normalized spacial score (nSPS) is 12.8. The number of aryl methyl sites for hydroxylation is 1. The summed E-state index contributed by atoms with van der Waals surface area (Å²) in [6.45, 7) is -0.353. The van der Waals surface area contributed by atoms with Crippen molar-refractivity contribution in [3.05, 3.63) is 82.0 Å². The minimum absolute atomic E-state index is 0.0838. The number of carbonyl (C=O) groups is 2. The van der Waals surface area contributed by atoms with Crippen LogP contribution in [-0.4, -0.2) is 40.1 Å². The standard InChI is InChI=1S/C16H16N2O3S.C7H7FO2S/c17-16(19)13-6-3-8-14(11-13)22(20,21)18-10-4-7-12-5-1-2-9-15(12)18;8-3-4-10-7(9)6-2-1-5-11-6/h1-3,5-6,8-9,11H,4,7,10H2,(H2,17,19);1-2,5H,3-4H2. The lowest BCUT2D eigenvalue weighted by atomic mass is 10.0. The zero-order valence-electron chi connectivity index (χ0n) is 17.6. The Morgan fingerprint density at radius 2 is 1.88 bits per heavy atom. The molecule has 33 heavy (non-hydrogen) atoms. The van der Waals surface area contributed by atoms with Crippen LogP contribution < -0.4 is 10.0 Å². The fraction of sp³-hybridized carbons (Fsp3) is 0.217. The summed E-state index contributed by atoms with van der Waals surface area (Å²) >= 11 is 1.28. The molecule has 3 aromatic rings. The number of para-hydroxylation sites is 1. The van der Waals surface area contributed by atoms with E-state index in [0.717, 1.165) is 18.4 Å². The Morgan fingerprint density at radius 3 is 2.58 bits per heavy atom. The maximum atomic E-state index is 12.9. The number of alkyl halides is 1. The largest absolute Gasteiger partial charge is 0.459 e. The number of esters is 1. The molecule has 0 bridgehead atoms. The van der Waals surface area contributed by atoms with Crippen molar-refractivity contribution in [1.29, 1.82) is 0 Å². The molecule has 2 aromatic carbocycles. The quantitative estimate of drug-likeness (QED) is 0.529. The summed E-state index contributed by atoms with van der Waals surface area (Å²) in [7, 11) is -3.71. The molecule has 2 heterocycles. The molecule has 2 N–H and O–H groups in total. The molecule has 4 rings (SSSR count). The van der Waals surface area contributed by atoms with Crippen LogP contribution in [0.5, 0.6) is 0 Å². The van der Waals surface area contributed by atoms with Gasteiger partial charge in [-0.2, -0.15) is 0 Å². The summed E-state index contributed by atoms with van der Waals surface area (Å²) in [5.41, 5.74) is 7.14. The van der Waals surface area contributed by atoms with Gasteiger partial charge >= 0.3 is 5.97 Å². The molecule has 0 saturated heterocycles. The van der Waals surface area contributed by atoms with Gasteiger partial charge < -0.3 is 10.5 Å². The topological polar surface area (TPSA) is 107 Å². The van der Waals surface area contributed by atoms with Crippen molar-refractivity contribution in [1.82, 2.24) is 0 Å². The van der Waals surface area contributed by atoms with Gasteiger partial charge in [0.25, 0.3) is 10.0 Å². The Bertz CT molecular complexity index is 1210. The molecule has 7 nitrogen and oxygen atoms in total. The van der Waals surface area contributed by atoms with Crippen molar-refractivity contribution in [2.75, 3.05) is 24.1 Å². The molecule has 0 radical (unpaired) electrons. The summed E-state index contributed by atoms with van der Waals surface area (Å²) in [5, 5.41) is 1.77. The number of sulfonamides is 1. The second-order valence-corrected chi connectivity index (χ2v) is 9.81. The molecule has 174 valence electrons. The number of thiophene rings is 1. The number of benzene rings is 2. The van der Waals surface area contributed by atoms with Crippen LogP contribution in [0.1, 0.15) is 32.0 Å². The molecule has 0 unspecified atom stereocenters. The first-order chi connectivity index (χ1) is 15.8. The number of hydrogen-bond donors (Lipinski definition) is 1. The molecular formula is C23H23FN2O5S2. The van der Waals surface area contributed by atoms with Gasteiger partial charge in [0.1, 0.15) is 18.2 Å². The fourth-order valence-electron chi connectivity index (χ4n) is 3.28. The first-order valence-electron chi connectivity index (χ1n) is 10.1. The first kappa shape index (κ1) is 24.4. The number of hydrogen-bond acceptors (Lipinski definition) is 6. The Balaban J connectivity index is 0.000000235. The third-order valence-corrected chi connectivity index (χ3v) is 7.47. The van der Waals surface area contributed by atoms with E-state index in [9.17, 15) is 22.4 Å². The minimum Gasteiger partial charge on any atom is -0.459 e. The second-order valence-electron chi connectivity index (χ2n) is 7.00. The molecule has 0 spiro atoms. The monoisotopic (exact) mass is 490 g/mol. The van der Waals surface area contributed by atoms with E-state index in [-0.39, 0.29) is 17.1 Å². The van der Waals surface area contributed by atoms with Crippen molar-refractivity contribution in [2.45, 2.75) is 17.7 Å². The summed E-state index contributed by atoms with van der Waals surface area (Å²) in [6, 6.07) is 16.7. The highest BCUT2D eigenvalue weighted by molar-refractivity contribution is 7.92. The first-order valence-corrected chi connectivity index (χ1v) is 12.4. The van der Waals surface area contributed by atoms with Gasteiger partial charge in [-0.25, -0.2) is 17.6 Å². The number of halogens is 1. The van der Waals surface area contributed by atoms with Crippen molar-refractivity contribution < 1.29 is 27.1 Å². The van der Waals surface area contributed by atoms with Gasteiger partial charge in [0.2, 0.25) is 5.91 Å². The minimum atomic E-state index is -3.71. The third kappa shape index (κ3) is 5.96. The molecule has 1 amide bonds. The van der Waals surface area contributed by atoms with E-state index >= 15 is 0 Å². The lowest BCUT2D eigenvalue weighted by Gasteiger charge is -2.30. The predicted octanol–water partition coefficient (Wildman–Crippen LogP) is 3.80. The highest BCUT2D eigenvalue weighted by Crippen LogP contribution is 2.31. The van der Waals surface area contributed by atoms with Crippen LogP contribution >= 0.6 is 11.3 Å². The average molecular weight is 491 g/mol. The van der Waals surface area contributed by atoms with Crippen molar-refractivity contribution in [3.63, 3.8) is 0 Å². The van der Waals surface area contributed by atoms with Crippen LogP contribution in [0.25, 0.3) is 0 Å². The number of nitrogens with zero attached hydrogens (tertiary/aromatic N) is 1. The number of anilines is 1. The van der Waals surface area contributed by atoms with E-state index in [1.165, 1.54) is 39.9 Å². The number of rotatable bonds is 6. The van der Waals surface area contributed by atoms with Crippen LogP contribution in [0, 0.1) is 0 Å². The Kier molecular flexibility index (Phi) is 8.18. The number of nitrogens with two attached hydrogens (primary N) is 1. The van der Waals surface area contributed by atoms with Gasteiger partial charge in [0, 0.05) is 12.1 Å². The fourth-order valence-corrected chi connectivity index (χ4v) is 5.49. The van der Waals surface area contributed by atoms with Crippen LogP contribution in [0.4, 0.5) is 10.1 Å². The number of primary amides is 1. The SMILES string of the molecule is NC(=O)c1cccc(S(=O)(=O)N2CCCc3ccccc32)c1.O=C(OCCF)c1cccs1. The molecule has 0 atom stereocenters. The maximum absolute atomic E-state index is 12.9. The van der Waals surface area contributed by atoms with E-state index in [0.29, 0.717) is 17.1 Å². The summed E-state index contributed by atoms with van der Waals surface area (Å²) in [5.74, 6) is -1.09.